The number of aromatic amines is 1. The van der Waals surface area contributed by atoms with Crippen LogP contribution in [0.5, 0.6) is 0 Å². The van der Waals surface area contributed by atoms with Gasteiger partial charge in [-0.2, -0.15) is 5.10 Å². The number of benzene rings is 1. The standard InChI is InChI=1S/C27H30N8O3/c1-3-4-5-9-34-23-12-22(29-24(23)25(36)35-17(2)30-31-26(34)35)21-13-28-33(16-21)14-18-6-7-20-15-32(27(37)38)10-8-19(20)11-18/h6-7,11-13,16,29H,3-5,8-10,14-15H2,1-2H3,(H,37,38). The minimum absolute atomic E-state index is 0.154. The molecule has 0 atom stereocenters. The first-order valence-electron chi connectivity index (χ1n) is 13.0. The zero-order chi connectivity index (χ0) is 26.4. The Balaban J connectivity index is 1.30. The summed E-state index contributed by atoms with van der Waals surface area (Å²) in [7, 11) is 0. The SMILES string of the molecule is CCCCCn1c2cc(-c3cnn(Cc4ccc5c(c4)CCN(C(=O)O)C5)c3)[nH]c2c(=O)n2c(C)nnc12. The molecule has 0 bridgehead atoms. The Bertz CT molecular complexity index is 1720. The Labute approximate surface area is 218 Å². The number of hydrogen-bond donors (Lipinski definition) is 2. The predicted octanol–water partition coefficient (Wildman–Crippen LogP) is 3.82. The van der Waals surface area contributed by atoms with Crippen molar-refractivity contribution < 1.29 is 9.90 Å². The Morgan fingerprint density at radius 2 is 2.03 bits per heavy atom. The zero-order valence-corrected chi connectivity index (χ0v) is 21.5. The summed E-state index contributed by atoms with van der Waals surface area (Å²) < 4.78 is 5.53. The van der Waals surface area contributed by atoms with Crippen molar-refractivity contribution in [3.05, 3.63) is 69.5 Å². The first-order chi connectivity index (χ1) is 18.4. The lowest BCUT2D eigenvalue weighted by atomic mass is 9.97. The summed E-state index contributed by atoms with van der Waals surface area (Å²) in [5.41, 5.74) is 6.27. The molecule has 5 heterocycles. The van der Waals surface area contributed by atoms with Gasteiger partial charge in [-0.25, -0.2) is 9.20 Å². The van der Waals surface area contributed by atoms with E-state index >= 15 is 0 Å². The fourth-order valence-electron chi connectivity index (χ4n) is 5.34. The van der Waals surface area contributed by atoms with E-state index in [9.17, 15) is 14.7 Å². The van der Waals surface area contributed by atoms with Gasteiger partial charge in [-0.05, 0) is 42.5 Å². The second kappa shape index (κ2) is 9.47. The number of carboxylic acid groups (broad SMARTS) is 1. The third kappa shape index (κ3) is 4.13. The molecular weight excluding hydrogens is 484 g/mol. The highest BCUT2D eigenvalue weighted by molar-refractivity contribution is 5.83. The van der Waals surface area contributed by atoms with Crippen LogP contribution in [0.25, 0.3) is 28.1 Å². The van der Waals surface area contributed by atoms with E-state index in [-0.39, 0.29) is 5.56 Å². The lowest BCUT2D eigenvalue weighted by Gasteiger charge is -2.26. The number of unbranched alkanes of at least 4 members (excludes halogenated alkanes) is 2. The third-order valence-electron chi connectivity index (χ3n) is 7.38. The highest BCUT2D eigenvalue weighted by Crippen LogP contribution is 2.25. The Morgan fingerprint density at radius 1 is 1.16 bits per heavy atom. The molecule has 196 valence electrons. The maximum Gasteiger partial charge on any atom is 0.407 e. The van der Waals surface area contributed by atoms with Crippen LogP contribution in [0.4, 0.5) is 4.79 Å². The minimum Gasteiger partial charge on any atom is -0.465 e. The molecule has 11 heteroatoms. The second-order valence-electron chi connectivity index (χ2n) is 9.97. The second-order valence-corrected chi connectivity index (χ2v) is 9.97. The summed E-state index contributed by atoms with van der Waals surface area (Å²) in [5, 5.41) is 22.3. The maximum atomic E-state index is 13.3. The molecule has 0 aliphatic carbocycles. The van der Waals surface area contributed by atoms with Gasteiger partial charge in [-0.1, -0.05) is 38.0 Å². The van der Waals surface area contributed by atoms with E-state index in [1.807, 2.05) is 29.1 Å². The van der Waals surface area contributed by atoms with Gasteiger partial charge in [0.05, 0.1) is 24.0 Å². The largest absolute Gasteiger partial charge is 0.465 e. The van der Waals surface area contributed by atoms with Crippen molar-refractivity contribution in [1.29, 1.82) is 0 Å². The van der Waals surface area contributed by atoms with Crippen LogP contribution in [0.15, 0.2) is 41.5 Å². The van der Waals surface area contributed by atoms with Gasteiger partial charge in [0.1, 0.15) is 11.3 Å². The van der Waals surface area contributed by atoms with Crippen LogP contribution in [0.3, 0.4) is 0 Å². The Morgan fingerprint density at radius 3 is 2.84 bits per heavy atom. The molecule has 0 saturated carbocycles. The number of amides is 1. The van der Waals surface area contributed by atoms with Crippen molar-refractivity contribution in [1.82, 2.24) is 38.8 Å². The first-order valence-corrected chi connectivity index (χ1v) is 13.0. The molecule has 0 radical (unpaired) electrons. The number of aryl methyl sites for hydroxylation is 2. The molecule has 1 aromatic carbocycles. The molecule has 0 fully saturated rings. The van der Waals surface area contributed by atoms with Crippen LogP contribution in [0.1, 0.15) is 48.7 Å². The van der Waals surface area contributed by atoms with Crippen molar-refractivity contribution >= 4 is 22.9 Å². The van der Waals surface area contributed by atoms with Crippen molar-refractivity contribution in [2.45, 2.75) is 59.2 Å². The number of aromatic nitrogens is 7. The summed E-state index contributed by atoms with van der Waals surface area (Å²) in [6.45, 7) is 6.25. The zero-order valence-electron chi connectivity index (χ0n) is 21.5. The van der Waals surface area contributed by atoms with Crippen molar-refractivity contribution in [3.63, 3.8) is 0 Å². The summed E-state index contributed by atoms with van der Waals surface area (Å²) >= 11 is 0. The quantitative estimate of drug-likeness (QED) is 0.318. The smallest absolute Gasteiger partial charge is 0.407 e. The topological polar surface area (TPSA) is 126 Å². The van der Waals surface area contributed by atoms with Crippen molar-refractivity contribution in [3.8, 4) is 11.3 Å². The van der Waals surface area contributed by atoms with Gasteiger partial charge in [-0.3, -0.25) is 9.48 Å². The number of carbonyl (C=O) groups is 1. The van der Waals surface area contributed by atoms with Crippen molar-refractivity contribution in [2.24, 2.45) is 0 Å². The molecule has 1 aliphatic rings. The Kier molecular flexibility index (Phi) is 5.97. The van der Waals surface area contributed by atoms with Gasteiger partial charge in [0.25, 0.3) is 5.56 Å². The van der Waals surface area contributed by atoms with Crippen molar-refractivity contribution in [2.75, 3.05) is 6.54 Å². The summed E-state index contributed by atoms with van der Waals surface area (Å²) in [6, 6.07) is 8.20. The number of nitrogens with one attached hydrogen (secondary N) is 1. The molecular formula is C27H30N8O3. The molecule has 0 unspecified atom stereocenters. The average Bonchev–Trinajstić information content (AvgIpc) is 3.65. The fraction of sp³-hybridized carbons (Fsp3) is 0.370. The van der Waals surface area contributed by atoms with E-state index in [1.54, 1.807) is 17.5 Å². The van der Waals surface area contributed by atoms with Gasteiger partial charge in [0.2, 0.25) is 5.78 Å². The Hall–Kier alpha value is -4.41. The molecule has 5 aromatic rings. The number of fused-ring (bicyclic) bond motifs is 3. The van der Waals surface area contributed by atoms with E-state index < -0.39 is 6.09 Å². The monoisotopic (exact) mass is 514 g/mol. The van der Waals surface area contributed by atoms with Crippen LogP contribution in [0, 0.1) is 6.92 Å². The fourth-order valence-corrected chi connectivity index (χ4v) is 5.34. The molecule has 11 nitrogen and oxygen atoms in total. The third-order valence-corrected chi connectivity index (χ3v) is 7.38. The van der Waals surface area contributed by atoms with E-state index in [0.29, 0.717) is 43.2 Å². The minimum atomic E-state index is -0.878. The molecule has 4 aromatic heterocycles. The van der Waals surface area contributed by atoms with Gasteiger partial charge in [-0.15, -0.1) is 10.2 Å². The van der Waals surface area contributed by atoms with Gasteiger partial charge in [0, 0.05) is 31.4 Å². The van der Waals surface area contributed by atoms with Crippen LogP contribution in [-0.2, 0) is 26.1 Å². The van der Waals surface area contributed by atoms with Crippen LogP contribution in [0.2, 0.25) is 0 Å². The summed E-state index contributed by atoms with van der Waals surface area (Å²) in [6.07, 6.45) is 6.80. The number of H-pyrrole nitrogens is 1. The van der Waals surface area contributed by atoms with E-state index in [4.69, 9.17) is 0 Å². The number of hydrogen-bond acceptors (Lipinski definition) is 5. The van der Waals surface area contributed by atoms with E-state index in [2.05, 4.69) is 37.8 Å². The highest BCUT2D eigenvalue weighted by Gasteiger charge is 2.21. The van der Waals surface area contributed by atoms with Gasteiger partial charge in [0.15, 0.2) is 0 Å². The molecule has 1 aliphatic heterocycles. The summed E-state index contributed by atoms with van der Waals surface area (Å²) in [4.78, 5) is 29.4. The predicted molar refractivity (Wildman–Crippen MR) is 142 cm³/mol. The lowest BCUT2D eigenvalue weighted by Crippen LogP contribution is -2.34. The van der Waals surface area contributed by atoms with Crippen LogP contribution in [-0.4, -0.2) is 56.6 Å². The molecule has 38 heavy (non-hydrogen) atoms. The number of rotatable bonds is 7. The summed E-state index contributed by atoms with van der Waals surface area (Å²) in [5.74, 6) is 1.14. The molecule has 0 saturated heterocycles. The van der Waals surface area contributed by atoms with Crippen LogP contribution >= 0.6 is 0 Å². The normalized spacial score (nSPS) is 13.5. The maximum absolute atomic E-state index is 13.3. The van der Waals surface area contributed by atoms with E-state index in [1.165, 1.54) is 10.5 Å². The molecule has 6 rings (SSSR count). The van der Waals surface area contributed by atoms with Crippen LogP contribution < -0.4 is 5.56 Å². The number of nitrogens with zero attached hydrogens (tertiary/aromatic N) is 7. The van der Waals surface area contributed by atoms with Gasteiger partial charge >= 0.3 is 6.09 Å². The molecule has 0 spiro atoms. The van der Waals surface area contributed by atoms with E-state index in [0.717, 1.165) is 53.7 Å². The molecule has 2 N–H and O–H groups in total. The lowest BCUT2D eigenvalue weighted by molar-refractivity contribution is 0.140. The highest BCUT2D eigenvalue weighted by atomic mass is 16.4. The first kappa shape index (κ1) is 24.0. The van der Waals surface area contributed by atoms with Gasteiger partial charge < -0.3 is 19.6 Å². The molecule has 1 amide bonds. The average molecular weight is 515 g/mol.